The molecule has 0 radical (unpaired) electrons. The van der Waals surface area contributed by atoms with Gasteiger partial charge in [0.15, 0.2) is 0 Å². The lowest BCUT2D eigenvalue weighted by Gasteiger charge is -2.15. The zero-order chi connectivity index (χ0) is 10.7. The number of amides is 1. The number of likely N-dealkylation sites (N-methyl/N-ethyl adjacent to an activating group) is 1. The highest BCUT2D eigenvalue weighted by molar-refractivity contribution is 6.05. The van der Waals surface area contributed by atoms with Crippen LogP contribution in [0.4, 0.5) is 0 Å². The number of hydrogen-bond acceptors (Lipinski definition) is 3. The van der Waals surface area contributed by atoms with Crippen LogP contribution >= 0.6 is 0 Å². The molecule has 0 atom stereocenters. The van der Waals surface area contributed by atoms with Crippen molar-refractivity contribution in [3.8, 4) is 0 Å². The van der Waals surface area contributed by atoms with Crippen molar-refractivity contribution in [1.82, 2.24) is 9.91 Å². The molecule has 0 aromatic heterocycles. The first-order chi connectivity index (χ1) is 6.50. The summed E-state index contributed by atoms with van der Waals surface area (Å²) in [5.41, 5.74) is 1.01. The SMILES string of the molecule is CC(C)C1=NN(CCN(C)C)C(=O)C1. The highest BCUT2D eigenvalue weighted by atomic mass is 16.2. The maximum atomic E-state index is 11.5. The lowest BCUT2D eigenvalue weighted by Crippen LogP contribution is -2.29. The summed E-state index contributed by atoms with van der Waals surface area (Å²) < 4.78 is 0. The van der Waals surface area contributed by atoms with E-state index >= 15 is 0 Å². The van der Waals surface area contributed by atoms with Crippen LogP contribution in [0, 0.1) is 5.92 Å². The van der Waals surface area contributed by atoms with E-state index in [1.807, 2.05) is 14.1 Å². The molecule has 0 spiro atoms. The Morgan fingerprint density at radius 2 is 2.14 bits per heavy atom. The molecule has 0 saturated heterocycles. The molecule has 1 aliphatic heterocycles. The summed E-state index contributed by atoms with van der Waals surface area (Å²) in [7, 11) is 3.99. The third-order valence-electron chi connectivity index (χ3n) is 2.29. The summed E-state index contributed by atoms with van der Waals surface area (Å²) >= 11 is 0. The van der Waals surface area contributed by atoms with Crippen molar-refractivity contribution in [3.63, 3.8) is 0 Å². The first-order valence-corrected chi connectivity index (χ1v) is 5.03. The van der Waals surface area contributed by atoms with Gasteiger partial charge in [0.1, 0.15) is 0 Å². The van der Waals surface area contributed by atoms with E-state index in [0.717, 1.165) is 12.3 Å². The summed E-state index contributed by atoms with van der Waals surface area (Å²) in [6.45, 7) is 5.70. The summed E-state index contributed by atoms with van der Waals surface area (Å²) in [6.07, 6.45) is 0.505. The highest BCUT2D eigenvalue weighted by Crippen LogP contribution is 2.13. The topological polar surface area (TPSA) is 35.9 Å². The monoisotopic (exact) mass is 197 g/mol. The van der Waals surface area contributed by atoms with Gasteiger partial charge in [-0.05, 0) is 20.0 Å². The van der Waals surface area contributed by atoms with Crippen molar-refractivity contribution in [1.29, 1.82) is 0 Å². The van der Waals surface area contributed by atoms with Gasteiger partial charge in [0, 0.05) is 6.54 Å². The van der Waals surface area contributed by atoms with E-state index in [0.29, 0.717) is 18.9 Å². The Morgan fingerprint density at radius 3 is 2.57 bits per heavy atom. The molecule has 0 aromatic carbocycles. The number of rotatable bonds is 4. The Morgan fingerprint density at radius 1 is 1.50 bits per heavy atom. The van der Waals surface area contributed by atoms with Gasteiger partial charge in [0.2, 0.25) is 5.91 Å². The van der Waals surface area contributed by atoms with Crippen molar-refractivity contribution >= 4 is 11.6 Å². The summed E-state index contributed by atoms with van der Waals surface area (Å²) in [6, 6.07) is 0. The minimum atomic E-state index is 0.135. The van der Waals surface area contributed by atoms with Gasteiger partial charge in [-0.25, -0.2) is 5.01 Å². The molecule has 1 rings (SSSR count). The van der Waals surface area contributed by atoms with Gasteiger partial charge in [0.25, 0.3) is 0 Å². The fourth-order valence-corrected chi connectivity index (χ4v) is 1.28. The highest BCUT2D eigenvalue weighted by Gasteiger charge is 2.24. The Bertz CT molecular complexity index is 246. The van der Waals surface area contributed by atoms with Gasteiger partial charge < -0.3 is 4.90 Å². The molecule has 14 heavy (non-hydrogen) atoms. The van der Waals surface area contributed by atoms with E-state index in [4.69, 9.17) is 0 Å². The van der Waals surface area contributed by atoms with Crippen LogP contribution in [-0.2, 0) is 4.79 Å². The van der Waals surface area contributed by atoms with Crippen LogP contribution in [0.15, 0.2) is 5.10 Å². The van der Waals surface area contributed by atoms with Crippen LogP contribution in [0.25, 0.3) is 0 Å². The van der Waals surface area contributed by atoms with E-state index in [9.17, 15) is 4.79 Å². The van der Waals surface area contributed by atoms with Crippen LogP contribution in [0.1, 0.15) is 20.3 Å². The van der Waals surface area contributed by atoms with Crippen LogP contribution in [0.5, 0.6) is 0 Å². The molecule has 80 valence electrons. The molecule has 4 nitrogen and oxygen atoms in total. The normalized spacial score (nSPS) is 17.1. The van der Waals surface area contributed by atoms with Crippen molar-refractivity contribution in [3.05, 3.63) is 0 Å². The molecule has 1 heterocycles. The fraction of sp³-hybridized carbons (Fsp3) is 0.800. The van der Waals surface area contributed by atoms with Gasteiger partial charge in [0.05, 0.1) is 18.7 Å². The molecule has 0 aliphatic carbocycles. The number of carbonyl (C=O) groups is 1. The average Bonchev–Trinajstić information content (AvgIpc) is 2.43. The van der Waals surface area contributed by atoms with Crippen LogP contribution in [-0.4, -0.2) is 48.7 Å². The molecular formula is C10H19N3O. The van der Waals surface area contributed by atoms with Crippen LogP contribution in [0.2, 0.25) is 0 Å². The summed E-state index contributed by atoms with van der Waals surface area (Å²) in [5, 5.41) is 5.91. The molecular weight excluding hydrogens is 178 g/mol. The first-order valence-electron chi connectivity index (χ1n) is 5.03. The van der Waals surface area contributed by atoms with E-state index in [1.165, 1.54) is 0 Å². The van der Waals surface area contributed by atoms with E-state index in [1.54, 1.807) is 5.01 Å². The third-order valence-corrected chi connectivity index (χ3v) is 2.29. The standard InChI is InChI=1S/C10H19N3O/c1-8(2)9-7-10(14)13(11-9)6-5-12(3)4/h8H,5-7H2,1-4H3. The quantitative estimate of drug-likeness (QED) is 0.668. The lowest BCUT2D eigenvalue weighted by molar-refractivity contribution is -0.128. The molecule has 1 aliphatic rings. The summed E-state index contributed by atoms with van der Waals surface area (Å²) in [4.78, 5) is 13.5. The zero-order valence-corrected chi connectivity index (χ0v) is 9.45. The van der Waals surface area contributed by atoms with Gasteiger partial charge in [-0.2, -0.15) is 5.10 Å². The molecule has 0 N–H and O–H groups in total. The maximum Gasteiger partial charge on any atom is 0.248 e. The third kappa shape index (κ3) is 2.80. The Hall–Kier alpha value is -0.900. The summed E-state index contributed by atoms with van der Waals surface area (Å²) in [5.74, 6) is 0.513. The second kappa shape index (κ2) is 4.55. The molecule has 0 fully saturated rings. The molecule has 0 saturated carbocycles. The number of hydrogen-bond donors (Lipinski definition) is 0. The van der Waals surface area contributed by atoms with Crippen molar-refractivity contribution in [2.24, 2.45) is 11.0 Å². The second-order valence-electron chi connectivity index (χ2n) is 4.24. The minimum absolute atomic E-state index is 0.135. The number of hydrazone groups is 1. The van der Waals surface area contributed by atoms with Crippen LogP contribution in [0.3, 0.4) is 0 Å². The number of carbonyl (C=O) groups excluding carboxylic acids is 1. The predicted molar refractivity (Wildman–Crippen MR) is 57.2 cm³/mol. The van der Waals surface area contributed by atoms with Gasteiger partial charge >= 0.3 is 0 Å². The van der Waals surface area contributed by atoms with Crippen LogP contribution < -0.4 is 0 Å². The minimum Gasteiger partial charge on any atom is -0.308 e. The molecule has 0 bridgehead atoms. The number of nitrogens with zero attached hydrogens (tertiary/aromatic N) is 3. The first kappa shape index (κ1) is 11.2. The molecule has 0 aromatic rings. The molecule has 1 amide bonds. The van der Waals surface area contributed by atoms with Gasteiger partial charge in [-0.1, -0.05) is 13.8 Å². The van der Waals surface area contributed by atoms with Gasteiger partial charge in [-0.3, -0.25) is 4.79 Å². The van der Waals surface area contributed by atoms with Crippen molar-refractivity contribution in [2.75, 3.05) is 27.2 Å². The second-order valence-corrected chi connectivity index (χ2v) is 4.24. The Labute approximate surface area is 85.6 Å². The molecule has 0 unspecified atom stereocenters. The van der Waals surface area contributed by atoms with E-state index < -0.39 is 0 Å². The Kier molecular flexibility index (Phi) is 3.63. The van der Waals surface area contributed by atoms with E-state index in [-0.39, 0.29) is 5.91 Å². The molecule has 4 heteroatoms. The van der Waals surface area contributed by atoms with Crippen molar-refractivity contribution in [2.45, 2.75) is 20.3 Å². The van der Waals surface area contributed by atoms with Crippen molar-refractivity contribution < 1.29 is 4.79 Å². The largest absolute Gasteiger partial charge is 0.308 e. The average molecular weight is 197 g/mol. The fourth-order valence-electron chi connectivity index (χ4n) is 1.28. The lowest BCUT2D eigenvalue weighted by atomic mass is 10.1. The van der Waals surface area contributed by atoms with E-state index in [2.05, 4.69) is 23.8 Å². The zero-order valence-electron chi connectivity index (χ0n) is 9.45. The maximum absolute atomic E-state index is 11.5. The predicted octanol–water partition coefficient (Wildman–Crippen LogP) is 0.792. The smallest absolute Gasteiger partial charge is 0.248 e. The van der Waals surface area contributed by atoms with Gasteiger partial charge in [-0.15, -0.1) is 0 Å². The Balaban J connectivity index is 2.49.